The Morgan fingerprint density at radius 2 is 2.39 bits per heavy atom. The Labute approximate surface area is 141 Å². The molecule has 6 heteroatoms. The van der Waals surface area contributed by atoms with Gasteiger partial charge in [0.25, 0.3) is 0 Å². The number of likely N-dealkylation sites (tertiary alicyclic amines) is 1. The van der Waals surface area contributed by atoms with Crippen LogP contribution in [-0.2, 0) is 17.9 Å². The summed E-state index contributed by atoms with van der Waals surface area (Å²) >= 11 is 1.77. The van der Waals surface area contributed by atoms with Crippen molar-refractivity contribution in [2.24, 2.45) is 0 Å². The molecule has 1 aliphatic rings. The van der Waals surface area contributed by atoms with Crippen molar-refractivity contribution in [2.75, 3.05) is 13.7 Å². The van der Waals surface area contributed by atoms with Gasteiger partial charge in [0, 0.05) is 18.0 Å². The quantitative estimate of drug-likeness (QED) is 0.806. The van der Waals surface area contributed by atoms with Crippen molar-refractivity contribution in [1.82, 2.24) is 15.0 Å². The Morgan fingerprint density at radius 3 is 3.22 bits per heavy atom. The largest absolute Gasteiger partial charge is 0.377 e. The molecule has 2 aromatic heterocycles. The monoisotopic (exact) mass is 333 g/mol. The molecule has 3 heterocycles. The molecule has 0 unspecified atom stereocenters. The molecule has 1 saturated heterocycles. The lowest BCUT2D eigenvalue weighted by Crippen LogP contribution is -2.33. The molecule has 0 N–H and O–H groups in total. The molecule has 23 heavy (non-hydrogen) atoms. The molecule has 1 aliphatic heterocycles. The summed E-state index contributed by atoms with van der Waals surface area (Å²) in [6.45, 7) is 2.17. The van der Waals surface area contributed by atoms with E-state index in [0.29, 0.717) is 30.9 Å². The number of hydrogen-bond donors (Lipinski definition) is 0. The first kappa shape index (κ1) is 16.4. The normalized spacial score (nSPS) is 20.1. The third-order valence-electron chi connectivity index (χ3n) is 4.06. The second-order valence-corrected chi connectivity index (χ2v) is 6.78. The van der Waals surface area contributed by atoms with Crippen LogP contribution in [0.5, 0.6) is 0 Å². The minimum absolute atomic E-state index is 0.394. The molecule has 1 atom stereocenters. The molecule has 2 aromatic rings. The lowest BCUT2D eigenvalue weighted by Gasteiger charge is -2.25. The average molecular weight is 333 g/mol. The highest BCUT2D eigenvalue weighted by Gasteiger charge is 2.21. The molecule has 5 nitrogen and oxygen atoms in total. The Bertz CT molecular complexity index is 609. The number of hydrogen-bond acceptors (Lipinski definition) is 6. The highest BCUT2D eigenvalue weighted by atomic mass is 32.1. The fourth-order valence-corrected chi connectivity index (χ4v) is 3.54. The predicted molar refractivity (Wildman–Crippen MR) is 91.0 cm³/mol. The van der Waals surface area contributed by atoms with Crippen molar-refractivity contribution in [2.45, 2.75) is 44.9 Å². The molecule has 3 rings (SSSR count). The second-order valence-electron chi connectivity index (χ2n) is 5.80. The zero-order valence-corrected chi connectivity index (χ0v) is 14.3. The van der Waals surface area contributed by atoms with Gasteiger partial charge in [-0.15, -0.1) is 11.3 Å². The first-order chi connectivity index (χ1) is 11.3. The molecular weight excluding hydrogens is 310 g/mol. The maximum absolute atomic E-state index is 5.35. The van der Waals surface area contributed by atoms with E-state index in [9.17, 15) is 0 Å². The van der Waals surface area contributed by atoms with Gasteiger partial charge >= 0.3 is 0 Å². The van der Waals surface area contributed by atoms with E-state index in [-0.39, 0.29) is 0 Å². The third-order valence-corrected chi connectivity index (χ3v) is 4.90. The van der Waals surface area contributed by atoms with Gasteiger partial charge in [-0.3, -0.25) is 4.90 Å². The van der Waals surface area contributed by atoms with E-state index in [1.807, 2.05) is 0 Å². The molecular formula is C17H23N3O2S. The Kier molecular flexibility index (Phi) is 5.96. The molecule has 0 amide bonds. The van der Waals surface area contributed by atoms with E-state index in [1.165, 1.54) is 30.6 Å². The van der Waals surface area contributed by atoms with Gasteiger partial charge in [0.05, 0.1) is 6.54 Å². The average Bonchev–Trinajstić information content (AvgIpc) is 3.16. The van der Waals surface area contributed by atoms with Crippen LogP contribution < -0.4 is 0 Å². The highest BCUT2D eigenvalue weighted by Crippen LogP contribution is 2.21. The smallest absolute Gasteiger partial charge is 0.240 e. The SMILES string of the molecule is COCc1noc(CN2CCCCC[C@H]2/C=C/c2cccs2)n1. The summed E-state index contributed by atoms with van der Waals surface area (Å²) in [7, 11) is 1.64. The summed E-state index contributed by atoms with van der Waals surface area (Å²) in [5.41, 5.74) is 0. The number of methoxy groups -OCH3 is 1. The summed E-state index contributed by atoms with van der Waals surface area (Å²) < 4.78 is 10.4. The molecule has 0 bridgehead atoms. The van der Waals surface area contributed by atoms with E-state index in [4.69, 9.17) is 9.26 Å². The standard InChI is InChI=1S/C17H23N3O2S/c1-21-13-16-18-17(22-19-16)12-20-10-4-2-3-6-14(20)8-9-15-7-5-11-23-15/h5,7-9,11,14H,2-4,6,10,12-13H2,1H3/b9-8+/t14-/m0/s1. The van der Waals surface area contributed by atoms with Crippen LogP contribution in [0.15, 0.2) is 28.1 Å². The minimum Gasteiger partial charge on any atom is -0.377 e. The van der Waals surface area contributed by atoms with Gasteiger partial charge in [-0.25, -0.2) is 0 Å². The van der Waals surface area contributed by atoms with Crippen molar-refractivity contribution < 1.29 is 9.26 Å². The highest BCUT2D eigenvalue weighted by molar-refractivity contribution is 7.10. The Morgan fingerprint density at radius 1 is 1.43 bits per heavy atom. The maximum Gasteiger partial charge on any atom is 0.240 e. The first-order valence-electron chi connectivity index (χ1n) is 8.11. The molecule has 0 aliphatic carbocycles. The Balaban J connectivity index is 1.67. The maximum atomic E-state index is 5.35. The second kappa shape index (κ2) is 8.38. The van der Waals surface area contributed by atoms with Crippen LogP contribution in [0.4, 0.5) is 0 Å². The number of rotatable bonds is 6. The van der Waals surface area contributed by atoms with Crippen LogP contribution in [-0.4, -0.2) is 34.7 Å². The summed E-state index contributed by atoms with van der Waals surface area (Å²) in [5, 5.41) is 6.06. The third kappa shape index (κ3) is 4.73. The van der Waals surface area contributed by atoms with Crippen LogP contribution in [0.2, 0.25) is 0 Å². The van der Waals surface area contributed by atoms with Gasteiger partial charge in [-0.2, -0.15) is 4.98 Å². The summed E-state index contributed by atoms with van der Waals surface area (Å²) in [4.78, 5) is 8.15. The molecule has 124 valence electrons. The van der Waals surface area contributed by atoms with Crippen molar-refractivity contribution in [3.63, 3.8) is 0 Å². The van der Waals surface area contributed by atoms with Gasteiger partial charge in [0.2, 0.25) is 5.89 Å². The molecule has 0 radical (unpaired) electrons. The van der Waals surface area contributed by atoms with E-state index >= 15 is 0 Å². The number of thiophene rings is 1. The summed E-state index contributed by atoms with van der Waals surface area (Å²) in [6.07, 6.45) is 9.53. The van der Waals surface area contributed by atoms with Crippen LogP contribution in [0, 0.1) is 0 Å². The summed E-state index contributed by atoms with van der Waals surface area (Å²) in [5.74, 6) is 1.29. The van der Waals surface area contributed by atoms with Crippen molar-refractivity contribution in [3.05, 3.63) is 40.2 Å². The van der Waals surface area contributed by atoms with Gasteiger partial charge in [0.15, 0.2) is 5.82 Å². The van der Waals surface area contributed by atoms with Gasteiger partial charge in [-0.05, 0) is 36.9 Å². The minimum atomic E-state index is 0.394. The summed E-state index contributed by atoms with van der Waals surface area (Å²) in [6, 6.07) is 4.67. The van der Waals surface area contributed by atoms with E-state index in [1.54, 1.807) is 18.4 Å². The first-order valence-corrected chi connectivity index (χ1v) is 8.99. The zero-order valence-electron chi connectivity index (χ0n) is 13.5. The van der Waals surface area contributed by atoms with E-state index in [0.717, 1.165) is 6.54 Å². The lowest BCUT2D eigenvalue weighted by molar-refractivity contribution is 0.173. The predicted octanol–water partition coefficient (Wildman–Crippen LogP) is 3.74. The van der Waals surface area contributed by atoms with Crippen LogP contribution in [0.3, 0.4) is 0 Å². The van der Waals surface area contributed by atoms with Crippen molar-refractivity contribution in [3.8, 4) is 0 Å². The number of aromatic nitrogens is 2. The molecule has 0 aromatic carbocycles. The Hall–Kier alpha value is -1.50. The molecule has 1 fully saturated rings. The van der Waals surface area contributed by atoms with Crippen LogP contribution in [0.1, 0.15) is 42.3 Å². The van der Waals surface area contributed by atoms with Crippen molar-refractivity contribution >= 4 is 17.4 Å². The molecule has 0 saturated carbocycles. The topological polar surface area (TPSA) is 51.4 Å². The van der Waals surface area contributed by atoms with Gasteiger partial charge < -0.3 is 9.26 Å². The van der Waals surface area contributed by atoms with Gasteiger partial charge in [-0.1, -0.05) is 30.1 Å². The molecule has 0 spiro atoms. The zero-order chi connectivity index (χ0) is 15.9. The van der Waals surface area contributed by atoms with Crippen LogP contribution >= 0.6 is 11.3 Å². The van der Waals surface area contributed by atoms with E-state index < -0.39 is 0 Å². The fourth-order valence-electron chi connectivity index (χ4n) is 2.92. The lowest BCUT2D eigenvalue weighted by atomic mass is 10.1. The van der Waals surface area contributed by atoms with Gasteiger partial charge in [0.1, 0.15) is 6.61 Å². The van der Waals surface area contributed by atoms with Crippen molar-refractivity contribution in [1.29, 1.82) is 0 Å². The van der Waals surface area contributed by atoms with E-state index in [2.05, 4.69) is 44.7 Å². The number of nitrogens with zero attached hydrogens (tertiary/aromatic N) is 3. The van der Waals surface area contributed by atoms with Crippen LogP contribution in [0.25, 0.3) is 6.08 Å². The number of ether oxygens (including phenoxy) is 1. The fraction of sp³-hybridized carbons (Fsp3) is 0.529.